The second-order valence-corrected chi connectivity index (χ2v) is 6.97. The fourth-order valence-corrected chi connectivity index (χ4v) is 4.00. The molecule has 3 N–H and O–H groups in total. The van der Waals surface area contributed by atoms with E-state index in [2.05, 4.69) is 40.8 Å². The van der Waals surface area contributed by atoms with Gasteiger partial charge >= 0.3 is 0 Å². The Bertz CT molecular complexity index is 716. The van der Waals surface area contributed by atoms with E-state index >= 15 is 0 Å². The standard InChI is InChI=1S/C15H17N3S2/c1-3-11(14-5-4-6-19-14)18-12-8-13-15(7-10(12)16)20-9(2)17-13/h4-8,11,18H,3,16H2,1-2H3. The molecule has 2 aromatic heterocycles. The van der Waals surface area contributed by atoms with Gasteiger partial charge in [0.1, 0.15) is 0 Å². The van der Waals surface area contributed by atoms with Crippen LogP contribution in [0.15, 0.2) is 29.6 Å². The molecule has 0 saturated carbocycles. The molecule has 3 rings (SSSR count). The van der Waals surface area contributed by atoms with E-state index in [4.69, 9.17) is 5.73 Å². The van der Waals surface area contributed by atoms with E-state index in [1.54, 1.807) is 22.7 Å². The first-order valence-electron chi connectivity index (χ1n) is 6.64. The first kappa shape index (κ1) is 13.4. The van der Waals surface area contributed by atoms with Crippen LogP contribution in [0, 0.1) is 6.92 Å². The van der Waals surface area contributed by atoms with Crippen molar-refractivity contribution >= 4 is 44.3 Å². The number of benzene rings is 1. The lowest BCUT2D eigenvalue weighted by atomic mass is 10.1. The SMILES string of the molecule is CCC(Nc1cc2nc(C)sc2cc1N)c1cccs1. The predicted octanol–water partition coefficient (Wildman–Crippen LogP) is 4.81. The van der Waals surface area contributed by atoms with Crippen LogP contribution in [-0.4, -0.2) is 4.98 Å². The number of nitrogens with zero attached hydrogens (tertiary/aromatic N) is 1. The van der Waals surface area contributed by atoms with Gasteiger partial charge in [-0.3, -0.25) is 0 Å². The third kappa shape index (κ3) is 2.51. The van der Waals surface area contributed by atoms with Crippen molar-refractivity contribution in [1.29, 1.82) is 0 Å². The van der Waals surface area contributed by atoms with E-state index in [1.807, 2.05) is 13.0 Å². The number of hydrogen-bond acceptors (Lipinski definition) is 5. The van der Waals surface area contributed by atoms with Crippen molar-refractivity contribution in [1.82, 2.24) is 4.98 Å². The highest BCUT2D eigenvalue weighted by molar-refractivity contribution is 7.18. The van der Waals surface area contributed by atoms with Crippen LogP contribution in [-0.2, 0) is 0 Å². The maximum Gasteiger partial charge on any atom is 0.0907 e. The summed E-state index contributed by atoms with van der Waals surface area (Å²) in [6, 6.07) is 8.62. The zero-order valence-electron chi connectivity index (χ0n) is 11.5. The van der Waals surface area contributed by atoms with Gasteiger partial charge in [-0.25, -0.2) is 4.98 Å². The molecule has 104 valence electrons. The molecule has 0 saturated heterocycles. The molecule has 0 aliphatic rings. The third-order valence-corrected chi connectivity index (χ3v) is 5.21. The van der Waals surface area contributed by atoms with Gasteiger partial charge in [-0.05, 0) is 36.9 Å². The summed E-state index contributed by atoms with van der Waals surface area (Å²) in [5.41, 5.74) is 8.95. The van der Waals surface area contributed by atoms with Gasteiger partial charge in [0.05, 0.1) is 32.6 Å². The van der Waals surface area contributed by atoms with Crippen LogP contribution < -0.4 is 11.1 Å². The van der Waals surface area contributed by atoms with E-state index < -0.39 is 0 Å². The number of nitrogen functional groups attached to an aromatic ring is 1. The summed E-state index contributed by atoms with van der Waals surface area (Å²) in [6.07, 6.45) is 1.02. The molecule has 1 aromatic carbocycles. The van der Waals surface area contributed by atoms with E-state index in [0.29, 0.717) is 6.04 Å². The number of nitrogens with two attached hydrogens (primary N) is 1. The minimum absolute atomic E-state index is 0.300. The summed E-state index contributed by atoms with van der Waals surface area (Å²) >= 11 is 3.45. The lowest BCUT2D eigenvalue weighted by Gasteiger charge is -2.18. The Hall–Kier alpha value is -1.59. The fourth-order valence-electron chi connectivity index (χ4n) is 2.28. The highest BCUT2D eigenvalue weighted by Gasteiger charge is 2.13. The fraction of sp³-hybridized carbons (Fsp3) is 0.267. The second-order valence-electron chi connectivity index (χ2n) is 4.76. The first-order chi connectivity index (χ1) is 9.67. The molecule has 20 heavy (non-hydrogen) atoms. The molecule has 3 aromatic rings. The summed E-state index contributed by atoms with van der Waals surface area (Å²) in [5, 5.41) is 6.73. The quantitative estimate of drug-likeness (QED) is 0.680. The van der Waals surface area contributed by atoms with E-state index in [0.717, 1.165) is 33.0 Å². The monoisotopic (exact) mass is 303 g/mol. The molecule has 0 bridgehead atoms. The lowest BCUT2D eigenvalue weighted by molar-refractivity contribution is 0.764. The molecular formula is C15H17N3S2. The van der Waals surface area contributed by atoms with Crippen molar-refractivity contribution in [2.24, 2.45) is 0 Å². The maximum atomic E-state index is 6.17. The largest absolute Gasteiger partial charge is 0.397 e. The molecule has 1 unspecified atom stereocenters. The highest BCUT2D eigenvalue weighted by Crippen LogP contribution is 2.33. The molecule has 0 aliphatic carbocycles. The number of nitrogens with one attached hydrogen (secondary N) is 1. The number of aromatic nitrogens is 1. The van der Waals surface area contributed by atoms with Crippen molar-refractivity contribution in [3.63, 3.8) is 0 Å². The Labute approximate surface area is 126 Å². The van der Waals surface area contributed by atoms with E-state index in [-0.39, 0.29) is 0 Å². The van der Waals surface area contributed by atoms with Gasteiger partial charge in [0.25, 0.3) is 0 Å². The molecule has 0 fully saturated rings. The molecule has 2 heterocycles. The van der Waals surface area contributed by atoms with Crippen LogP contribution in [0.2, 0.25) is 0 Å². The molecule has 1 atom stereocenters. The van der Waals surface area contributed by atoms with Crippen molar-refractivity contribution in [3.8, 4) is 0 Å². The average molecular weight is 303 g/mol. The van der Waals surface area contributed by atoms with Crippen LogP contribution >= 0.6 is 22.7 Å². The minimum atomic E-state index is 0.300. The number of anilines is 2. The minimum Gasteiger partial charge on any atom is -0.397 e. The number of thiazole rings is 1. The summed E-state index contributed by atoms with van der Waals surface area (Å²) in [7, 11) is 0. The first-order valence-corrected chi connectivity index (χ1v) is 8.33. The Balaban J connectivity index is 1.95. The number of thiophene rings is 1. The molecule has 0 radical (unpaired) electrons. The molecule has 0 spiro atoms. The van der Waals surface area contributed by atoms with Gasteiger partial charge in [-0.1, -0.05) is 13.0 Å². The number of aryl methyl sites for hydroxylation is 1. The van der Waals surface area contributed by atoms with Crippen LogP contribution in [0.3, 0.4) is 0 Å². The topological polar surface area (TPSA) is 50.9 Å². The summed E-state index contributed by atoms with van der Waals surface area (Å²) in [5.74, 6) is 0. The molecule has 0 aliphatic heterocycles. The van der Waals surface area contributed by atoms with Crippen LogP contribution in [0.25, 0.3) is 10.2 Å². The lowest BCUT2D eigenvalue weighted by Crippen LogP contribution is -2.09. The number of hydrogen-bond donors (Lipinski definition) is 2. The van der Waals surface area contributed by atoms with Crippen LogP contribution in [0.5, 0.6) is 0 Å². The normalized spacial score (nSPS) is 12.7. The summed E-state index contributed by atoms with van der Waals surface area (Å²) in [4.78, 5) is 5.87. The molecule has 0 amide bonds. The Morgan fingerprint density at radius 2 is 2.25 bits per heavy atom. The Morgan fingerprint density at radius 3 is 2.95 bits per heavy atom. The maximum absolute atomic E-state index is 6.17. The number of fused-ring (bicyclic) bond motifs is 1. The van der Waals surface area contributed by atoms with Gasteiger partial charge in [0.15, 0.2) is 0 Å². The van der Waals surface area contributed by atoms with Crippen molar-refractivity contribution in [3.05, 3.63) is 39.5 Å². The molecular weight excluding hydrogens is 286 g/mol. The van der Waals surface area contributed by atoms with Crippen molar-refractivity contribution < 1.29 is 0 Å². The smallest absolute Gasteiger partial charge is 0.0907 e. The molecule has 3 nitrogen and oxygen atoms in total. The van der Waals surface area contributed by atoms with Crippen LogP contribution in [0.4, 0.5) is 11.4 Å². The zero-order chi connectivity index (χ0) is 14.1. The van der Waals surface area contributed by atoms with E-state index in [1.165, 1.54) is 4.88 Å². The van der Waals surface area contributed by atoms with Crippen molar-refractivity contribution in [2.45, 2.75) is 26.3 Å². The Kier molecular flexibility index (Phi) is 3.63. The van der Waals surface area contributed by atoms with Gasteiger partial charge in [-0.2, -0.15) is 0 Å². The summed E-state index contributed by atoms with van der Waals surface area (Å²) in [6.45, 7) is 4.20. The zero-order valence-corrected chi connectivity index (χ0v) is 13.1. The van der Waals surface area contributed by atoms with Gasteiger partial charge in [-0.15, -0.1) is 22.7 Å². The van der Waals surface area contributed by atoms with Gasteiger partial charge in [0, 0.05) is 4.88 Å². The van der Waals surface area contributed by atoms with Crippen LogP contribution in [0.1, 0.15) is 29.3 Å². The predicted molar refractivity (Wildman–Crippen MR) is 89.7 cm³/mol. The Morgan fingerprint density at radius 1 is 1.40 bits per heavy atom. The number of rotatable bonds is 4. The molecule has 5 heteroatoms. The van der Waals surface area contributed by atoms with Gasteiger partial charge in [0.2, 0.25) is 0 Å². The highest BCUT2D eigenvalue weighted by atomic mass is 32.1. The van der Waals surface area contributed by atoms with E-state index in [9.17, 15) is 0 Å². The summed E-state index contributed by atoms with van der Waals surface area (Å²) < 4.78 is 1.15. The second kappa shape index (κ2) is 5.42. The van der Waals surface area contributed by atoms with Crippen molar-refractivity contribution in [2.75, 3.05) is 11.1 Å². The third-order valence-electron chi connectivity index (χ3n) is 3.29. The van der Waals surface area contributed by atoms with Gasteiger partial charge < -0.3 is 11.1 Å². The average Bonchev–Trinajstić information content (AvgIpc) is 3.04.